The minimum Gasteiger partial charge on any atom is -0.486 e. The van der Waals surface area contributed by atoms with Crippen molar-refractivity contribution in [3.05, 3.63) is 29.3 Å². The minimum absolute atomic E-state index is 0.344. The van der Waals surface area contributed by atoms with Crippen LogP contribution in [0.2, 0.25) is 0 Å². The summed E-state index contributed by atoms with van der Waals surface area (Å²) in [5.41, 5.74) is -0.942. The molecule has 0 aromatic heterocycles. The Morgan fingerprint density at radius 2 is 1.58 bits per heavy atom. The summed E-state index contributed by atoms with van der Waals surface area (Å²) >= 11 is 0. The molecular formula is C13H6F8N2O. The van der Waals surface area contributed by atoms with Crippen LogP contribution in [0.3, 0.4) is 0 Å². The summed E-state index contributed by atoms with van der Waals surface area (Å²) in [6.07, 6.45) is -5.03. The third kappa shape index (κ3) is 3.20. The fraction of sp³-hybridized carbons (Fsp3) is 0.385. The van der Waals surface area contributed by atoms with Gasteiger partial charge in [0.25, 0.3) is 0 Å². The van der Waals surface area contributed by atoms with Crippen molar-refractivity contribution in [2.45, 2.75) is 24.2 Å². The van der Waals surface area contributed by atoms with Gasteiger partial charge in [-0.3, -0.25) is 0 Å². The van der Waals surface area contributed by atoms with Crippen molar-refractivity contribution in [3.63, 3.8) is 0 Å². The zero-order chi connectivity index (χ0) is 18.8. The number of benzene rings is 1. The molecule has 24 heavy (non-hydrogen) atoms. The average molecular weight is 358 g/mol. The van der Waals surface area contributed by atoms with Crippen LogP contribution in [0.25, 0.3) is 0 Å². The average Bonchev–Trinajstić information content (AvgIpc) is 2.51. The van der Waals surface area contributed by atoms with Crippen molar-refractivity contribution in [1.82, 2.24) is 0 Å². The smallest absolute Gasteiger partial charge is 0.381 e. The first kappa shape index (κ1) is 19.5. The monoisotopic (exact) mass is 358 g/mol. The first-order chi connectivity index (χ1) is 10.9. The zero-order valence-electron chi connectivity index (χ0n) is 11.3. The van der Waals surface area contributed by atoms with Gasteiger partial charge in [-0.2, -0.15) is 36.9 Å². The molecule has 1 aromatic rings. The van der Waals surface area contributed by atoms with Crippen LogP contribution in [-0.4, -0.2) is 30.8 Å². The van der Waals surface area contributed by atoms with E-state index in [-0.39, 0.29) is 5.56 Å². The number of ether oxygens (including phenoxy) is 1. The predicted molar refractivity (Wildman–Crippen MR) is 62.2 cm³/mol. The maximum atomic E-state index is 13.3. The summed E-state index contributed by atoms with van der Waals surface area (Å²) in [6.45, 7) is -2.41. The molecule has 0 bridgehead atoms. The molecule has 130 valence electrons. The Bertz CT molecular complexity index is 690. The summed E-state index contributed by atoms with van der Waals surface area (Å²) in [4.78, 5) is 0. The third-order valence-electron chi connectivity index (χ3n) is 2.82. The van der Waals surface area contributed by atoms with Gasteiger partial charge in [0.2, 0.25) is 0 Å². The molecule has 0 aliphatic heterocycles. The molecule has 0 fully saturated rings. The molecule has 0 spiro atoms. The molecule has 0 saturated heterocycles. The zero-order valence-corrected chi connectivity index (χ0v) is 11.3. The standard InChI is InChI=1S/C13H6F8N2O/c14-10(15)12(18,19)13(20,21)11(16,17)6-24-9-3-1-2-7(4-22)8(9)5-23/h1-3,10H,6H2. The summed E-state index contributed by atoms with van der Waals surface area (Å²) in [7, 11) is 0. The van der Waals surface area contributed by atoms with Crippen molar-refractivity contribution >= 4 is 0 Å². The molecule has 1 rings (SSSR count). The molecule has 0 N–H and O–H groups in total. The molecule has 0 saturated carbocycles. The normalized spacial score (nSPS) is 12.6. The highest BCUT2D eigenvalue weighted by molar-refractivity contribution is 5.53. The lowest BCUT2D eigenvalue weighted by molar-refractivity contribution is -0.342. The summed E-state index contributed by atoms with van der Waals surface area (Å²) in [6, 6.07) is 5.87. The van der Waals surface area contributed by atoms with Crippen LogP contribution >= 0.6 is 0 Å². The Balaban J connectivity index is 3.11. The number of nitrogens with zero attached hydrogens (tertiary/aromatic N) is 2. The molecule has 3 nitrogen and oxygen atoms in total. The minimum atomic E-state index is -6.41. The van der Waals surface area contributed by atoms with Gasteiger partial charge in [-0.1, -0.05) is 6.07 Å². The Morgan fingerprint density at radius 1 is 1.00 bits per heavy atom. The topological polar surface area (TPSA) is 56.8 Å². The van der Waals surface area contributed by atoms with Crippen LogP contribution in [0.4, 0.5) is 35.1 Å². The first-order valence-corrected chi connectivity index (χ1v) is 5.90. The van der Waals surface area contributed by atoms with Crippen LogP contribution in [0.1, 0.15) is 11.1 Å². The van der Waals surface area contributed by atoms with Gasteiger partial charge >= 0.3 is 24.2 Å². The lowest BCUT2D eigenvalue weighted by Gasteiger charge is -2.32. The Kier molecular flexibility index (Phi) is 5.29. The van der Waals surface area contributed by atoms with Crippen molar-refractivity contribution in [1.29, 1.82) is 10.5 Å². The highest BCUT2D eigenvalue weighted by Gasteiger charge is 2.75. The SMILES string of the molecule is N#Cc1cccc(OCC(F)(F)C(F)(F)C(F)(F)C(F)F)c1C#N. The van der Waals surface area contributed by atoms with E-state index < -0.39 is 42.1 Å². The maximum Gasteiger partial charge on any atom is 0.381 e. The first-order valence-electron chi connectivity index (χ1n) is 5.90. The van der Waals surface area contributed by atoms with Gasteiger partial charge < -0.3 is 4.74 Å². The predicted octanol–water partition coefficient (Wildman–Crippen LogP) is 3.98. The van der Waals surface area contributed by atoms with E-state index in [4.69, 9.17) is 10.5 Å². The summed E-state index contributed by atoms with van der Waals surface area (Å²) < 4.78 is 106. The van der Waals surface area contributed by atoms with E-state index in [0.717, 1.165) is 18.2 Å². The molecule has 0 aliphatic rings. The lowest BCUT2D eigenvalue weighted by atomic mass is 10.1. The summed E-state index contributed by atoms with van der Waals surface area (Å²) in [5, 5.41) is 17.5. The van der Waals surface area contributed by atoms with Crippen LogP contribution in [0, 0.1) is 22.7 Å². The third-order valence-corrected chi connectivity index (χ3v) is 2.82. The van der Waals surface area contributed by atoms with Crippen molar-refractivity contribution in [2.75, 3.05) is 6.61 Å². The van der Waals surface area contributed by atoms with Crippen LogP contribution in [-0.2, 0) is 0 Å². The van der Waals surface area contributed by atoms with Gasteiger partial charge in [0, 0.05) is 0 Å². The number of rotatable bonds is 6. The van der Waals surface area contributed by atoms with Crippen LogP contribution in [0.15, 0.2) is 18.2 Å². The van der Waals surface area contributed by atoms with Gasteiger partial charge in [0.1, 0.15) is 23.5 Å². The van der Waals surface area contributed by atoms with Gasteiger partial charge in [0.15, 0.2) is 6.61 Å². The fourth-order valence-corrected chi connectivity index (χ4v) is 1.50. The van der Waals surface area contributed by atoms with Crippen molar-refractivity contribution < 1.29 is 39.9 Å². The molecule has 11 heteroatoms. The number of halogens is 8. The van der Waals surface area contributed by atoms with E-state index in [1.807, 2.05) is 0 Å². The van der Waals surface area contributed by atoms with E-state index in [2.05, 4.69) is 4.74 Å². The molecule has 0 unspecified atom stereocenters. The molecular weight excluding hydrogens is 352 g/mol. The molecule has 1 aromatic carbocycles. The number of nitriles is 2. The maximum absolute atomic E-state index is 13.3. The van der Waals surface area contributed by atoms with Crippen LogP contribution < -0.4 is 4.74 Å². The highest BCUT2D eigenvalue weighted by Crippen LogP contribution is 2.48. The van der Waals surface area contributed by atoms with Gasteiger partial charge in [-0.15, -0.1) is 0 Å². The molecule has 0 atom stereocenters. The summed E-state index contributed by atoms with van der Waals surface area (Å²) in [5.74, 6) is -19.1. The second-order valence-corrected chi connectivity index (χ2v) is 4.39. The van der Waals surface area contributed by atoms with E-state index in [0.29, 0.717) is 0 Å². The van der Waals surface area contributed by atoms with E-state index in [1.165, 1.54) is 12.1 Å². The van der Waals surface area contributed by atoms with Gasteiger partial charge in [-0.05, 0) is 12.1 Å². The largest absolute Gasteiger partial charge is 0.486 e. The lowest BCUT2D eigenvalue weighted by Crippen LogP contribution is -2.59. The molecule has 0 aliphatic carbocycles. The Hall–Kier alpha value is -2.56. The second kappa shape index (κ2) is 6.51. The van der Waals surface area contributed by atoms with Crippen molar-refractivity contribution in [3.8, 4) is 17.9 Å². The van der Waals surface area contributed by atoms with Crippen molar-refractivity contribution in [2.24, 2.45) is 0 Å². The van der Waals surface area contributed by atoms with E-state index in [1.54, 1.807) is 0 Å². The van der Waals surface area contributed by atoms with E-state index in [9.17, 15) is 35.1 Å². The quantitative estimate of drug-likeness (QED) is 0.723. The Morgan fingerprint density at radius 3 is 2.04 bits per heavy atom. The van der Waals surface area contributed by atoms with E-state index >= 15 is 0 Å². The number of hydrogen-bond acceptors (Lipinski definition) is 3. The van der Waals surface area contributed by atoms with Crippen LogP contribution in [0.5, 0.6) is 5.75 Å². The number of alkyl halides is 8. The highest BCUT2D eigenvalue weighted by atomic mass is 19.4. The van der Waals surface area contributed by atoms with Gasteiger partial charge in [-0.25, -0.2) is 8.78 Å². The Labute approximate surface area is 129 Å². The molecule has 0 radical (unpaired) electrons. The second-order valence-electron chi connectivity index (χ2n) is 4.39. The van der Waals surface area contributed by atoms with Gasteiger partial charge in [0.05, 0.1) is 5.56 Å². The molecule has 0 heterocycles. The number of hydrogen-bond donors (Lipinski definition) is 0. The fourth-order valence-electron chi connectivity index (χ4n) is 1.50. The molecule has 0 amide bonds.